The minimum atomic E-state index is -0.952. The van der Waals surface area contributed by atoms with Gasteiger partial charge in [0.05, 0.1) is 5.75 Å². The van der Waals surface area contributed by atoms with E-state index < -0.39 is 5.97 Å². The molecule has 8 heteroatoms. The number of nitrogens with zero attached hydrogens (tertiary/aromatic N) is 1. The molecule has 0 radical (unpaired) electrons. The van der Waals surface area contributed by atoms with Crippen LogP contribution in [0.3, 0.4) is 0 Å². The van der Waals surface area contributed by atoms with E-state index in [0.29, 0.717) is 0 Å². The summed E-state index contributed by atoms with van der Waals surface area (Å²) in [6.45, 7) is 0. The van der Waals surface area contributed by atoms with E-state index in [4.69, 9.17) is 10.4 Å². The van der Waals surface area contributed by atoms with E-state index in [-0.39, 0.29) is 116 Å². The molecule has 0 fully saturated rings. The number of carboxylic acid groups (broad SMARTS) is 1. The summed E-state index contributed by atoms with van der Waals surface area (Å²) in [5, 5.41) is 18.3. The molecule has 0 heterocycles. The Balaban J connectivity index is -0.0000000675. The molecule has 0 aliphatic heterocycles. The number of aliphatic carboxylic acids is 1. The first-order chi connectivity index (χ1) is 4.66. The molecule has 0 aromatic rings. The fourth-order valence-electron chi connectivity index (χ4n) is 0.209. The molecule has 12 heavy (non-hydrogen) atoms. The van der Waals surface area contributed by atoms with Crippen molar-refractivity contribution in [1.82, 2.24) is 5.32 Å². The minimum Gasteiger partial charge on any atom is -1.00 e. The Hall–Kier alpha value is 2.47. The maximum absolute atomic E-state index is 9.92. The van der Waals surface area contributed by atoms with Crippen LogP contribution < -0.4 is 108 Å². The quantitative estimate of drug-likeness (QED) is 0.222. The van der Waals surface area contributed by atoms with Crippen molar-refractivity contribution in [3.63, 3.8) is 0 Å². The van der Waals surface area contributed by atoms with Gasteiger partial charge in [0.1, 0.15) is 4.32 Å². The van der Waals surface area contributed by atoms with Gasteiger partial charge in [-0.05, 0) is 0 Å². The van der Waals surface area contributed by atoms with Crippen molar-refractivity contribution in [1.29, 1.82) is 5.26 Å². The van der Waals surface area contributed by atoms with Crippen LogP contribution in [0.15, 0.2) is 0 Å². The summed E-state index contributed by atoms with van der Waals surface area (Å²) in [4.78, 5) is 9.92. The maximum Gasteiger partial charge on any atom is 1.00 e. The van der Waals surface area contributed by atoms with Crippen LogP contribution in [0.1, 0.15) is 2.85 Å². The largest absolute Gasteiger partial charge is 1.00 e. The summed E-state index contributed by atoms with van der Waals surface area (Å²) >= 11 is 5.44. The Labute approximate surface area is 168 Å². The molecule has 0 aromatic carbocycles. The van der Waals surface area contributed by atoms with Gasteiger partial charge < -0.3 is 7.96 Å². The number of thioether (sulfide) groups is 1. The molecule has 0 spiro atoms. The van der Waals surface area contributed by atoms with Gasteiger partial charge in [-0.25, -0.2) is 0 Å². The van der Waals surface area contributed by atoms with Crippen molar-refractivity contribution >= 4 is 34.3 Å². The maximum atomic E-state index is 9.92. The van der Waals surface area contributed by atoms with Crippen molar-refractivity contribution in [3.05, 3.63) is 0 Å². The standard InChI is InChI=1S/C4H4N2O2S2.2K.2H/c5-2-6-4(9)10-1-3(7)8;;;;/h1H2,(H,6,9)(H,7,8);;;;/q;2*+1;2*-1. The third-order valence-corrected chi connectivity index (χ3v) is 1.70. The number of carbonyl (C=O) groups is 1. The van der Waals surface area contributed by atoms with Gasteiger partial charge >= 0.3 is 109 Å². The molecule has 0 bridgehead atoms. The number of nitrogens with one attached hydrogen (secondary N) is 1. The number of nitriles is 1. The zero-order valence-electron chi connectivity index (χ0n) is 8.83. The van der Waals surface area contributed by atoms with Gasteiger partial charge in [-0.1, -0.05) is 24.0 Å². The second kappa shape index (κ2) is 13.5. The van der Waals surface area contributed by atoms with E-state index in [2.05, 4.69) is 17.5 Å². The smallest absolute Gasteiger partial charge is 1.00 e. The molecule has 0 aliphatic carbocycles. The van der Waals surface area contributed by atoms with Crippen LogP contribution in [0.25, 0.3) is 0 Å². The summed E-state index contributed by atoms with van der Waals surface area (Å²) < 4.78 is 0.185. The first-order valence-corrected chi connectivity index (χ1v) is 3.60. The van der Waals surface area contributed by atoms with Gasteiger partial charge in [0.2, 0.25) is 0 Å². The SMILES string of the molecule is N#CNC(=S)SCC(=O)O.[H-].[H-].[K+].[K+]. The van der Waals surface area contributed by atoms with Crippen molar-refractivity contribution in [2.75, 3.05) is 5.75 Å². The summed E-state index contributed by atoms with van der Waals surface area (Å²) in [5.41, 5.74) is 0. The van der Waals surface area contributed by atoms with Crippen LogP contribution in [0.5, 0.6) is 0 Å². The normalized spacial score (nSPS) is 6.58. The van der Waals surface area contributed by atoms with E-state index in [9.17, 15) is 4.79 Å². The molecule has 0 saturated carbocycles. The second-order valence-electron chi connectivity index (χ2n) is 1.21. The number of rotatable bonds is 2. The summed E-state index contributed by atoms with van der Waals surface area (Å²) in [5.74, 6) is -1.07. The number of thiocarbonyl (C=S) groups is 1. The van der Waals surface area contributed by atoms with Gasteiger partial charge in [-0.2, -0.15) is 5.26 Å². The van der Waals surface area contributed by atoms with Crippen molar-refractivity contribution in [3.8, 4) is 6.19 Å². The van der Waals surface area contributed by atoms with E-state index in [1.54, 1.807) is 6.19 Å². The van der Waals surface area contributed by atoms with Gasteiger partial charge in [-0.15, -0.1) is 0 Å². The molecule has 0 rings (SSSR count). The Morgan fingerprint density at radius 1 is 1.75 bits per heavy atom. The Bertz CT molecular complexity index is 202. The van der Waals surface area contributed by atoms with Crippen LogP contribution in [0.2, 0.25) is 0 Å². The molecule has 0 amide bonds. The Morgan fingerprint density at radius 2 is 2.25 bits per heavy atom. The average molecular weight is 256 g/mol. The third-order valence-electron chi connectivity index (χ3n) is 0.485. The van der Waals surface area contributed by atoms with Crippen LogP contribution in [0, 0.1) is 11.5 Å². The van der Waals surface area contributed by atoms with Gasteiger partial charge in [0.25, 0.3) is 0 Å². The summed E-state index contributed by atoms with van der Waals surface area (Å²) in [6.07, 6.45) is 1.59. The Morgan fingerprint density at radius 3 is 2.58 bits per heavy atom. The molecular weight excluding hydrogens is 250 g/mol. The van der Waals surface area contributed by atoms with E-state index in [0.717, 1.165) is 11.8 Å². The van der Waals surface area contributed by atoms with E-state index >= 15 is 0 Å². The first-order valence-electron chi connectivity index (χ1n) is 2.20. The predicted molar refractivity (Wildman–Crippen MR) is 43.7 cm³/mol. The van der Waals surface area contributed by atoms with Gasteiger partial charge in [0, 0.05) is 0 Å². The topological polar surface area (TPSA) is 73.1 Å². The van der Waals surface area contributed by atoms with Crippen LogP contribution in [-0.4, -0.2) is 21.1 Å². The summed E-state index contributed by atoms with van der Waals surface area (Å²) in [6, 6.07) is 0. The zero-order chi connectivity index (χ0) is 7.98. The molecular formula is C4H6K2N2O2S2. The van der Waals surface area contributed by atoms with Crippen molar-refractivity contribution in [2.24, 2.45) is 0 Å². The summed E-state index contributed by atoms with van der Waals surface area (Å²) in [7, 11) is 0. The zero-order valence-corrected chi connectivity index (χ0v) is 14.7. The number of hydrogen-bond acceptors (Lipinski definition) is 4. The molecule has 0 aromatic heterocycles. The van der Waals surface area contributed by atoms with Crippen LogP contribution in [0.4, 0.5) is 0 Å². The van der Waals surface area contributed by atoms with E-state index in [1.807, 2.05) is 0 Å². The fourth-order valence-corrected chi connectivity index (χ4v) is 0.804. The number of carboxylic acids is 1. The first kappa shape index (κ1) is 20.0. The Kier molecular flexibility index (Phi) is 22.4. The monoisotopic (exact) mass is 256 g/mol. The van der Waals surface area contributed by atoms with Gasteiger partial charge in [0.15, 0.2) is 6.19 Å². The van der Waals surface area contributed by atoms with Crippen LogP contribution >= 0.6 is 24.0 Å². The van der Waals surface area contributed by atoms with Crippen molar-refractivity contribution < 1.29 is 116 Å². The molecule has 0 unspecified atom stereocenters. The third kappa shape index (κ3) is 15.0. The fraction of sp³-hybridized carbons (Fsp3) is 0.250. The number of hydrogen-bond donors (Lipinski definition) is 2. The van der Waals surface area contributed by atoms with Crippen LogP contribution in [-0.2, 0) is 4.79 Å². The molecule has 2 N–H and O–H groups in total. The molecule has 0 saturated heterocycles. The van der Waals surface area contributed by atoms with Crippen molar-refractivity contribution in [2.45, 2.75) is 0 Å². The average Bonchev–Trinajstić information content (AvgIpc) is 1.85. The predicted octanol–water partition coefficient (Wildman–Crippen LogP) is -5.61. The minimum absolute atomic E-state index is 0. The molecule has 0 aliphatic rings. The molecule has 58 valence electrons. The van der Waals surface area contributed by atoms with Gasteiger partial charge in [-0.3, -0.25) is 10.1 Å². The molecule has 0 atom stereocenters. The second-order valence-corrected chi connectivity index (χ2v) is 2.86. The van der Waals surface area contributed by atoms with E-state index in [1.165, 1.54) is 0 Å². The molecule has 4 nitrogen and oxygen atoms in total.